The number of benzene rings is 2. The molecule has 0 spiro atoms. The predicted octanol–water partition coefficient (Wildman–Crippen LogP) is 4.79. The number of carbonyl (C=O) groups excluding carboxylic acids is 3. The van der Waals surface area contributed by atoms with Crippen LogP contribution in [0, 0.1) is 0 Å². The Morgan fingerprint density at radius 3 is 2.59 bits per heavy atom. The molecule has 1 fully saturated rings. The lowest BCUT2D eigenvalue weighted by Crippen LogP contribution is -2.62. The second kappa shape index (κ2) is 8.58. The zero-order valence-electron chi connectivity index (χ0n) is 18.7. The molecule has 168 valence electrons. The molecule has 2 aliphatic rings. The van der Waals surface area contributed by atoms with Gasteiger partial charge in [0.25, 0.3) is 5.91 Å². The third-order valence-corrected chi connectivity index (χ3v) is 7.00. The Labute approximate surface area is 193 Å². The summed E-state index contributed by atoms with van der Waals surface area (Å²) in [5.41, 5.74) is 3.11. The van der Waals surface area contributed by atoms with E-state index in [2.05, 4.69) is 5.32 Å². The van der Waals surface area contributed by atoms with Crippen LogP contribution in [0.15, 0.2) is 36.4 Å². The van der Waals surface area contributed by atoms with Crippen LogP contribution in [0.25, 0.3) is 0 Å². The second-order valence-electron chi connectivity index (χ2n) is 8.49. The van der Waals surface area contributed by atoms with Gasteiger partial charge in [-0.15, -0.1) is 0 Å². The van der Waals surface area contributed by atoms with Crippen LogP contribution >= 0.6 is 11.6 Å². The Morgan fingerprint density at radius 2 is 1.88 bits per heavy atom. The molecular formula is C25H28ClN3O3. The number of para-hydroxylation sites is 1. The first-order valence-corrected chi connectivity index (χ1v) is 11.5. The lowest BCUT2D eigenvalue weighted by Gasteiger charge is -2.48. The number of hydrogen-bond acceptors (Lipinski definition) is 3. The highest BCUT2D eigenvalue weighted by atomic mass is 35.5. The highest BCUT2D eigenvalue weighted by Crippen LogP contribution is 2.44. The summed E-state index contributed by atoms with van der Waals surface area (Å²) in [6.45, 7) is 6.18. The van der Waals surface area contributed by atoms with Crippen molar-refractivity contribution in [1.29, 1.82) is 0 Å². The zero-order chi connectivity index (χ0) is 23.0. The van der Waals surface area contributed by atoms with Gasteiger partial charge in [0.1, 0.15) is 5.66 Å². The van der Waals surface area contributed by atoms with Crippen molar-refractivity contribution in [3.8, 4) is 0 Å². The molecule has 0 bridgehead atoms. The molecule has 4 rings (SSSR count). The highest BCUT2D eigenvalue weighted by Gasteiger charge is 2.52. The Hall–Kier alpha value is -2.86. The van der Waals surface area contributed by atoms with Crippen LogP contribution in [0.1, 0.15) is 61.5 Å². The summed E-state index contributed by atoms with van der Waals surface area (Å²) in [5, 5.41) is 3.67. The van der Waals surface area contributed by atoms with E-state index in [1.54, 1.807) is 21.9 Å². The predicted molar refractivity (Wildman–Crippen MR) is 126 cm³/mol. The van der Waals surface area contributed by atoms with Crippen molar-refractivity contribution in [2.75, 3.05) is 16.8 Å². The largest absolute Gasteiger partial charge is 0.325 e. The van der Waals surface area contributed by atoms with Gasteiger partial charge in [-0.1, -0.05) is 43.6 Å². The van der Waals surface area contributed by atoms with Crippen molar-refractivity contribution in [1.82, 2.24) is 4.90 Å². The van der Waals surface area contributed by atoms with Crippen molar-refractivity contribution >= 4 is 40.7 Å². The summed E-state index contributed by atoms with van der Waals surface area (Å²) >= 11 is 6.36. The quantitative estimate of drug-likeness (QED) is 0.683. The minimum absolute atomic E-state index is 0.000930. The average molecular weight is 454 g/mol. The number of nitrogens with one attached hydrogen (secondary N) is 1. The fraction of sp³-hybridized carbons (Fsp3) is 0.400. The third kappa shape index (κ3) is 3.56. The van der Waals surface area contributed by atoms with Crippen molar-refractivity contribution in [3.05, 3.63) is 58.1 Å². The third-order valence-electron chi connectivity index (χ3n) is 6.65. The molecular weight excluding hydrogens is 426 g/mol. The smallest absolute Gasteiger partial charge is 0.257 e. The first-order chi connectivity index (χ1) is 15.3. The van der Waals surface area contributed by atoms with Gasteiger partial charge >= 0.3 is 0 Å². The lowest BCUT2D eigenvalue weighted by atomic mass is 9.98. The molecule has 2 aliphatic heterocycles. The number of amides is 3. The molecule has 1 saturated heterocycles. The topological polar surface area (TPSA) is 69.7 Å². The van der Waals surface area contributed by atoms with E-state index in [-0.39, 0.29) is 30.7 Å². The molecule has 0 aliphatic carbocycles. The number of halogens is 1. The van der Waals surface area contributed by atoms with E-state index in [1.807, 2.05) is 45.0 Å². The van der Waals surface area contributed by atoms with E-state index in [9.17, 15) is 14.4 Å². The molecule has 1 unspecified atom stereocenters. The Bertz CT molecular complexity index is 1100. The van der Waals surface area contributed by atoms with Gasteiger partial charge in [-0.2, -0.15) is 0 Å². The minimum Gasteiger partial charge on any atom is -0.325 e. The van der Waals surface area contributed by atoms with E-state index in [1.165, 1.54) is 0 Å². The summed E-state index contributed by atoms with van der Waals surface area (Å²) in [5.74, 6) is -0.322. The molecule has 7 heteroatoms. The highest BCUT2D eigenvalue weighted by molar-refractivity contribution is 6.32. The van der Waals surface area contributed by atoms with Gasteiger partial charge < -0.3 is 10.2 Å². The molecule has 6 nitrogen and oxygen atoms in total. The Morgan fingerprint density at radius 1 is 1.12 bits per heavy atom. The number of nitrogens with zero attached hydrogens (tertiary/aromatic N) is 2. The Balaban J connectivity index is 1.57. The molecule has 2 heterocycles. The maximum absolute atomic E-state index is 13.3. The van der Waals surface area contributed by atoms with Crippen LogP contribution in [0.4, 0.5) is 11.4 Å². The van der Waals surface area contributed by atoms with Crippen LogP contribution in [-0.4, -0.2) is 34.8 Å². The van der Waals surface area contributed by atoms with E-state index in [0.717, 1.165) is 23.2 Å². The van der Waals surface area contributed by atoms with Gasteiger partial charge in [0.15, 0.2) is 0 Å². The molecule has 1 atom stereocenters. The summed E-state index contributed by atoms with van der Waals surface area (Å²) in [6.07, 6.45) is 2.53. The van der Waals surface area contributed by atoms with Crippen LogP contribution in [-0.2, 0) is 22.4 Å². The monoisotopic (exact) mass is 453 g/mol. The van der Waals surface area contributed by atoms with Crippen molar-refractivity contribution in [2.24, 2.45) is 0 Å². The molecule has 2 aromatic carbocycles. The first kappa shape index (κ1) is 22.3. The maximum Gasteiger partial charge on any atom is 0.257 e. The first-order valence-electron chi connectivity index (χ1n) is 11.2. The Kier molecular flexibility index (Phi) is 5.99. The zero-order valence-corrected chi connectivity index (χ0v) is 19.5. The summed E-state index contributed by atoms with van der Waals surface area (Å²) in [4.78, 5) is 42.4. The molecule has 0 saturated carbocycles. The lowest BCUT2D eigenvalue weighted by molar-refractivity contribution is -0.117. The van der Waals surface area contributed by atoms with Gasteiger partial charge in [-0.05, 0) is 55.5 Å². The van der Waals surface area contributed by atoms with Crippen molar-refractivity contribution < 1.29 is 14.4 Å². The molecule has 3 amide bonds. The van der Waals surface area contributed by atoms with Gasteiger partial charge in [0, 0.05) is 30.1 Å². The van der Waals surface area contributed by atoms with Crippen LogP contribution < -0.4 is 10.2 Å². The molecule has 2 aromatic rings. The number of rotatable bonds is 6. The van der Waals surface area contributed by atoms with Crippen LogP contribution in [0.5, 0.6) is 0 Å². The van der Waals surface area contributed by atoms with Gasteiger partial charge in [0.05, 0.1) is 11.3 Å². The molecule has 1 N–H and O–H groups in total. The number of carbonyl (C=O) groups is 3. The minimum atomic E-state index is -0.762. The number of anilines is 2. The van der Waals surface area contributed by atoms with E-state index in [4.69, 9.17) is 11.6 Å². The molecule has 0 aromatic heterocycles. The SMILES string of the molecule is CCc1ccc(Cl)c(CC)c1NC(=O)CCN1C(=O)c2ccccc2N2C(=O)CCC12C. The van der Waals surface area contributed by atoms with Crippen LogP contribution in [0.3, 0.4) is 0 Å². The van der Waals surface area contributed by atoms with Crippen molar-refractivity contribution in [2.45, 2.75) is 58.5 Å². The number of hydrogen-bond donors (Lipinski definition) is 1. The van der Waals surface area contributed by atoms with Crippen molar-refractivity contribution in [3.63, 3.8) is 0 Å². The van der Waals surface area contributed by atoms with E-state index < -0.39 is 5.66 Å². The average Bonchev–Trinajstić information content (AvgIpc) is 3.09. The van der Waals surface area contributed by atoms with Gasteiger partial charge in [-0.25, -0.2) is 0 Å². The van der Waals surface area contributed by atoms with Gasteiger partial charge in [-0.3, -0.25) is 19.3 Å². The standard InChI is InChI=1S/C25H28ClN3O3/c1-4-16-10-11-19(26)17(5-2)23(16)27-21(30)13-15-28-24(32)18-8-6-7-9-20(18)29-22(31)12-14-25(28,29)3/h6-11H,4-5,12-15H2,1-3H3,(H,27,30). The van der Waals surface area contributed by atoms with E-state index >= 15 is 0 Å². The van der Waals surface area contributed by atoms with E-state index in [0.29, 0.717) is 35.5 Å². The number of aryl methyl sites for hydroxylation is 1. The molecule has 0 radical (unpaired) electrons. The summed E-state index contributed by atoms with van der Waals surface area (Å²) < 4.78 is 0. The maximum atomic E-state index is 13.3. The fourth-order valence-electron chi connectivity index (χ4n) is 4.92. The molecule has 32 heavy (non-hydrogen) atoms. The fourth-order valence-corrected chi connectivity index (χ4v) is 5.21. The summed E-state index contributed by atoms with van der Waals surface area (Å²) in [6, 6.07) is 11.0. The summed E-state index contributed by atoms with van der Waals surface area (Å²) in [7, 11) is 0. The second-order valence-corrected chi connectivity index (χ2v) is 8.89. The number of fused-ring (bicyclic) bond motifs is 3. The van der Waals surface area contributed by atoms with Gasteiger partial charge in [0.2, 0.25) is 11.8 Å². The normalized spacial score (nSPS) is 19.8. The van der Waals surface area contributed by atoms with Crippen LogP contribution in [0.2, 0.25) is 5.02 Å².